The maximum atomic E-state index is 12.9. The Balaban J connectivity index is 1.14. The van der Waals surface area contributed by atoms with Crippen molar-refractivity contribution in [3.05, 3.63) is 36.2 Å². The number of fused-ring (bicyclic) bond motifs is 2. The van der Waals surface area contributed by atoms with Crippen LogP contribution in [0.1, 0.15) is 56.9 Å². The lowest BCUT2D eigenvalue weighted by Crippen LogP contribution is -2.50. The molecule has 1 aromatic carbocycles. The summed E-state index contributed by atoms with van der Waals surface area (Å²) in [5, 5.41) is 2.82. The van der Waals surface area contributed by atoms with E-state index >= 15 is 0 Å². The van der Waals surface area contributed by atoms with E-state index in [1.54, 1.807) is 28.6 Å². The molecule has 2 aliphatic carbocycles. The first-order chi connectivity index (χ1) is 16.7. The van der Waals surface area contributed by atoms with Crippen molar-refractivity contribution in [2.45, 2.75) is 91.9 Å². The molecule has 2 bridgehead atoms. The number of hydrogen-bond donors (Lipinski definition) is 1. The highest BCUT2D eigenvalue weighted by atomic mass is 32.2. The van der Waals surface area contributed by atoms with Gasteiger partial charge in [0.15, 0.2) is 9.84 Å². The predicted octanol–water partition coefficient (Wildman–Crippen LogP) is 3.33. The summed E-state index contributed by atoms with van der Waals surface area (Å²) in [6, 6.07) is 6.76. The first-order valence-corrected chi connectivity index (χ1v) is 15.4. The fourth-order valence-electron chi connectivity index (χ4n) is 5.41. The quantitative estimate of drug-likeness (QED) is 0.565. The zero-order valence-corrected chi connectivity index (χ0v) is 21.3. The Morgan fingerprint density at radius 2 is 1.51 bits per heavy atom. The van der Waals surface area contributed by atoms with Crippen molar-refractivity contribution in [2.24, 2.45) is 0 Å². The van der Waals surface area contributed by atoms with E-state index in [9.17, 15) is 16.8 Å². The zero-order chi connectivity index (χ0) is 24.4. The number of sulfone groups is 1. The van der Waals surface area contributed by atoms with Gasteiger partial charge in [-0.3, -0.25) is 0 Å². The second kappa shape index (κ2) is 8.41. The van der Waals surface area contributed by atoms with Gasteiger partial charge >= 0.3 is 0 Å². The van der Waals surface area contributed by atoms with Gasteiger partial charge in [0.25, 0.3) is 0 Å². The lowest BCUT2D eigenvalue weighted by atomic mass is 10.0. The van der Waals surface area contributed by atoms with E-state index in [0.29, 0.717) is 29.4 Å². The number of anilines is 2. The van der Waals surface area contributed by atoms with Gasteiger partial charge in [-0.15, -0.1) is 0 Å². The Hall–Kier alpha value is -2.24. The van der Waals surface area contributed by atoms with E-state index in [2.05, 4.69) is 15.3 Å². The Kier molecular flexibility index (Phi) is 5.57. The molecule has 2 aliphatic heterocycles. The highest BCUT2D eigenvalue weighted by molar-refractivity contribution is 7.92. The summed E-state index contributed by atoms with van der Waals surface area (Å²) in [5.74, 6) is 1.07. The molecule has 6 rings (SSSR count). The van der Waals surface area contributed by atoms with Crippen LogP contribution in [0, 0.1) is 6.92 Å². The molecule has 1 aromatic heterocycles. The molecule has 3 atom stereocenters. The Morgan fingerprint density at radius 3 is 2.11 bits per heavy atom. The van der Waals surface area contributed by atoms with Crippen LogP contribution in [-0.4, -0.2) is 59.8 Å². The largest absolute Gasteiger partial charge is 0.474 e. The van der Waals surface area contributed by atoms with Crippen molar-refractivity contribution in [1.82, 2.24) is 14.3 Å². The van der Waals surface area contributed by atoms with E-state index in [-0.39, 0.29) is 28.7 Å². The minimum Gasteiger partial charge on any atom is -0.474 e. The number of rotatable bonds is 8. The number of piperidine rings is 1. The van der Waals surface area contributed by atoms with Crippen LogP contribution in [0.4, 0.5) is 11.5 Å². The molecule has 4 aliphatic rings. The molecular weight excluding hydrogens is 488 g/mol. The fourth-order valence-corrected chi connectivity index (χ4v) is 9.35. The van der Waals surface area contributed by atoms with Crippen LogP contribution in [0.3, 0.4) is 0 Å². The van der Waals surface area contributed by atoms with Gasteiger partial charge in [0.1, 0.15) is 18.2 Å². The zero-order valence-electron chi connectivity index (χ0n) is 19.6. The SMILES string of the molecule is Cc1c(Nc2ccc(S(=O)(=O)C3CC3)cc2)ncnc1O[C@H]1CC2CC[C@@H](C1)N2S(=O)(=O)C1CC1. The number of aromatic nitrogens is 2. The molecule has 2 saturated carbocycles. The van der Waals surface area contributed by atoms with Crippen LogP contribution < -0.4 is 10.1 Å². The summed E-state index contributed by atoms with van der Waals surface area (Å²) in [5.41, 5.74) is 1.48. The molecule has 0 spiro atoms. The Morgan fingerprint density at radius 1 is 0.886 bits per heavy atom. The number of ether oxygens (including phenoxy) is 1. The lowest BCUT2D eigenvalue weighted by molar-refractivity contribution is 0.0910. The second-order valence-corrected chi connectivity index (χ2v) is 14.6. The molecule has 11 heteroatoms. The fraction of sp³-hybridized carbons (Fsp3) is 0.583. The van der Waals surface area contributed by atoms with E-state index in [1.807, 2.05) is 6.92 Å². The molecule has 4 fully saturated rings. The summed E-state index contributed by atoms with van der Waals surface area (Å²) in [6.45, 7) is 1.88. The highest BCUT2D eigenvalue weighted by Crippen LogP contribution is 2.44. The standard InChI is InChI=1S/C24H30N4O5S2/c1-15-23(27-16-2-6-20(7-3-16)34(29,30)21-8-9-21)25-14-26-24(15)33-19-12-17-4-5-18(13-19)28(17)35(31,32)22-10-11-22/h2-3,6-7,14,17-19,21-22H,4-5,8-13H2,1H3,(H,25,26,27)/t17-,18?,19+/m0/s1. The van der Waals surface area contributed by atoms with Crippen molar-refractivity contribution >= 4 is 31.4 Å². The second-order valence-electron chi connectivity index (χ2n) is 10.2. The van der Waals surface area contributed by atoms with Gasteiger partial charge in [-0.2, -0.15) is 4.31 Å². The monoisotopic (exact) mass is 518 g/mol. The van der Waals surface area contributed by atoms with Crippen molar-refractivity contribution in [1.29, 1.82) is 0 Å². The number of sulfonamides is 1. The molecule has 2 saturated heterocycles. The van der Waals surface area contributed by atoms with Crippen molar-refractivity contribution in [3.63, 3.8) is 0 Å². The van der Waals surface area contributed by atoms with Crippen LogP contribution in [0.25, 0.3) is 0 Å². The van der Waals surface area contributed by atoms with E-state index in [0.717, 1.165) is 49.8 Å². The number of nitrogens with zero attached hydrogens (tertiary/aromatic N) is 3. The summed E-state index contributed by atoms with van der Waals surface area (Å²) >= 11 is 0. The average molecular weight is 519 g/mol. The molecule has 0 amide bonds. The van der Waals surface area contributed by atoms with Crippen molar-refractivity contribution in [2.75, 3.05) is 5.32 Å². The molecule has 1 N–H and O–H groups in total. The highest BCUT2D eigenvalue weighted by Gasteiger charge is 2.52. The van der Waals surface area contributed by atoms with E-state index in [4.69, 9.17) is 4.74 Å². The van der Waals surface area contributed by atoms with Crippen molar-refractivity contribution < 1.29 is 21.6 Å². The molecule has 9 nitrogen and oxygen atoms in total. The predicted molar refractivity (Wildman–Crippen MR) is 131 cm³/mol. The molecule has 188 valence electrons. The van der Waals surface area contributed by atoms with Crippen LogP contribution in [0.2, 0.25) is 0 Å². The minimum absolute atomic E-state index is 0.00882. The van der Waals surface area contributed by atoms with Crippen LogP contribution >= 0.6 is 0 Å². The summed E-state index contributed by atoms with van der Waals surface area (Å²) in [7, 11) is -6.40. The van der Waals surface area contributed by atoms with Gasteiger partial charge in [0.2, 0.25) is 15.9 Å². The van der Waals surface area contributed by atoms with E-state index in [1.165, 1.54) is 6.33 Å². The summed E-state index contributed by atoms with van der Waals surface area (Å²) in [4.78, 5) is 9.03. The molecule has 35 heavy (non-hydrogen) atoms. The Bertz CT molecular complexity index is 1320. The van der Waals surface area contributed by atoms with E-state index < -0.39 is 19.9 Å². The normalized spacial score (nSPS) is 27.1. The van der Waals surface area contributed by atoms with Crippen LogP contribution in [0.15, 0.2) is 35.5 Å². The average Bonchev–Trinajstić information content (AvgIpc) is 3.73. The topological polar surface area (TPSA) is 119 Å². The minimum atomic E-state index is -3.22. The lowest BCUT2D eigenvalue weighted by Gasteiger charge is -2.37. The molecule has 2 aromatic rings. The van der Waals surface area contributed by atoms with Crippen LogP contribution in [0.5, 0.6) is 5.88 Å². The first kappa shape index (κ1) is 23.2. The Labute approximate surface area is 206 Å². The van der Waals surface area contributed by atoms with Gasteiger partial charge < -0.3 is 10.1 Å². The third kappa shape index (κ3) is 4.31. The molecule has 0 radical (unpaired) electrons. The number of benzene rings is 1. The molecule has 3 heterocycles. The number of hydrogen-bond acceptors (Lipinski definition) is 8. The maximum absolute atomic E-state index is 12.9. The summed E-state index contributed by atoms with van der Waals surface area (Å²) in [6.07, 6.45) is 7.52. The number of nitrogens with one attached hydrogen (secondary N) is 1. The van der Waals surface area contributed by atoms with Gasteiger partial charge in [-0.25, -0.2) is 26.8 Å². The van der Waals surface area contributed by atoms with Gasteiger partial charge in [-0.05, 0) is 69.7 Å². The van der Waals surface area contributed by atoms with Crippen molar-refractivity contribution in [3.8, 4) is 5.88 Å². The third-order valence-corrected chi connectivity index (χ3v) is 12.4. The smallest absolute Gasteiger partial charge is 0.221 e. The van der Waals surface area contributed by atoms with Gasteiger partial charge in [-0.1, -0.05) is 0 Å². The van der Waals surface area contributed by atoms with Gasteiger partial charge in [0, 0.05) is 30.6 Å². The molecular formula is C24H30N4O5S2. The van der Waals surface area contributed by atoms with Gasteiger partial charge in [0.05, 0.1) is 21.0 Å². The summed E-state index contributed by atoms with van der Waals surface area (Å²) < 4.78 is 58.7. The maximum Gasteiger partial charge on any atom is 0.221 e. The first-order valence-electron chi connectivity index (χ1n) is 12.3. The van der Waals surface area contributed by atoms with Crippen LogP contribution in [-0.2, 0) is 19.9 Å². The third-order valence-electron chi connectivity index (χ3n) is 7.59. The molecule has 1 unspecified atom stereocenters.